The molecule has 0 aliphatic rings. The maximum absolute atomic E-state index is 12.3. The van der Waals surface area contributed by atoms with Crippen LogP contribution in [-0.2, 0) is 11.8 Å². The molecular weight excluding hydrogens is 338 g/mol. The number of esters is 1. The molecule has 0 bridgehead atoms. The molecule has 0 unspecified atom stereocenters. The molecule has 1 amide bonds. The average Bonchev–Trinajstić information content (AvgIpc) is 2.73. The maximum Gasteiger partial charge on any atom is 0.358 e. The van der Waals surface area contributed by atoms with E-state index in [9.17, 15) is 9.59 Å². The summed E-state index contributed by atoms with van der Waals surface area (Å²) >= 11 is 3.32. The van der Waals surface area contributed by atoms with E-state index in [2.05, 4.69) is 26.3 Å². The van der Waals surface area contributed by atoms with Crippen molar-refractivity contribution in [2.45, 2.75) is 6.92 Å². The number of carbonyl (C=O) groups is 2. The van der Waals surface area contributed by atoms with Gasteiger partial charge in [0.1, 0.15) is 0 Å². The average molecular weight is 352 g/mol. The largest absolute Gasteiger partial charge is 0.464 e. The number of methoxy groups -OCH3 is 1. The molecule has 0 saturated heterocycles. The lowest BCUT2D eigenvalue weighted by Gasteiger charge is -2.08. The van der Waals surface area contributed by atoms with E-state index in [0.717, 1.165) is 0 Å². The summed E-state index contributed by atoms with van der Waals surface area (Å²) < 4.78 is 6.78. The van der Waals surface area contributed by atoms with Gasteiger partial charge < -0.3 is 10.1 Å². The molecular formula is C14H14BrN3O3. The maximum atomic E-state index is 12.3. The Bertz CT molecular complexity index is 709. The van der Waals surface area contributed by atoms with Gasteiger partial charge in [-0.05, 0) is 35.0 Å². The standard InChI is InChI=1S/C14H14BrN3O3/c1-8-11(12(14(20)21-3)18(2)17-8)16-13(19)9-6-4-5-7-10(9)15/h4-7H,1-3H3,(H,16,19). The third-order valence-corrected chi connectivity index (χ3v) is 3.65. The number of aryl methyl sites for hydroxylation is 2. The zero-order valence-corrected chi connectivity index (χ0v) is 13.4. The lowest BCUT2D eigenvalue weighted by Crippen LogP contribution is -2.17. The third-order valence-electron chi connectivity index (χ3n) is 2.96. The Morgan fingerprint density at radius 2 is 2.00 bits per heavy atom. The van der Waals surface area contributed by atoms with Gasteiger partial charge in [-0.2, -0.15) is 5.10 Å². The van der Waals surface area contributed by atoms with E-state index in [4.69, 9.17) is 4.74 Å². The second-order valence-corrected chi connectivity index (χ2v) is 5.21. The predicted molar refractivity (Wildman–Crippen MR) is 81.4 cm³/mol. The van der Waals surface area contributed by atoms with Crippen LogP contribution in [0.25, 0.3) is 0 Å². The van der Waals surface area contributed by atoms with Crippen LogP contribution in [0.2, 0.25) is 0 Å². The number of anilines is 1. The highest BCUT2D eigenvalue weighted by Gasteiger charge is 2.23. The number of benzene rings is 1. The van der Waals surface area contributed by atoms with E-state index in [1.807, 2.05) is 6.07 Å². The van der Waals surface area contributed by atoms with Crippen molar-refractivity contribution in [3.8, 4) is 0 Å². The van der Waals surface area contributed by atoms with Gasteiger partial charge in [-0.25, -0.2) is 4.79 Å². The van der Waals surface area contributed by atoms with E-state index in [0.29, 0.717) is 21.4 Å². The van der Waals surface area contributed by atoms with Crippen molar-refractivity contribution >= 4 is 33.5 Å². The normalized spacial score (nSPS) is 10.3. The first-order valence-corrected chi connectivity index (χ1v) is 6.92. The summed E-state index contributed by atoms with van der Waals surface area (Å²) in [6.45, 7) is 1.71. The molecule has 0 radical (unpaired) electrons. The minimum Gasteiger partial charge on any atom is -0.464 e. The predicted octanol–water partition coefficient (Wildman–Crippen LogP) is 2.53. The molecule has 110 valence electrons. The van der Waals surface area contributed by atoms with Crippen LogP contribution in [0.15, 0.2) is 28.7 Å². The Morgan fingerprint density at radius 1 is 1.33 bits per heavy atom. The van der Waals surface area contributed by atoms with Crippen LogP contribution in [0.5, 0.6) is 0 Å². The van der Waals surface area contributed by atoms with Crippen molar-refractivity contribution in [1.29, 1.82) is 0 Å². The van der Waals surface area contributed by atoms with E-state index in [-0.39, 0.29) is 11.6 Å². The van der Waals surface area contributed by atoms with Crippen LogP contribution in [0, 0.1) is 6.92 Å². The number of aromatic nitrogens is 2. The van der Waals surface area contributed by atoms with E-state index in [1.165, 1.54) is 11.8 Å². The second-order valence-electron chi connectivity index (χ2n) is 4.36. The fourth-order valence-corrected chi connectivity index (χ4v) is 2.43. The Morgan fingerprint density at radius 3 is 2.62 bits per heavy atom. The van der Waals surface area contributed by atoms with Crippen LogP contribution in [0.3, 0.4) is 0 Å². The molecule has 21 heavy (non-hydrogen) atoms. The summed E-state index contributed by atoms with van der Waals surface area (Å²) in [6.07, 6.45) is 0. The number of nitrogens with zero attached hydrogens (tertiary/aromatic N) is 2. The van der Waals surface area contributed by atoms with Crippen molar-refractivity contribution in [3.63, 3.8) is 0 Å². The van der Waals surface area contributed by atoms with E-state index in [1.54, 1.807) is 32.2 Å². The van der Waals surface area contributed by atoms with Gasteiger partial charge in [0.25, 0.3) is 5.91 Å². The van der Waals surface area contributed by atoms with Gasteiger partial charge in [0.15, 0.2) is 5.69 Å². The minimum absolute atomic E-state index is 0.204. The van der Waals surface area contributed by atoms with Gasteiger partial charge >= 0.3 is 5.97 Å². The summed E-state index contributed by atoms with van der Waals surface area (Å²) in [5.41, 5.74) is 1.57. The first-order valence-electron chi connectivity index (χ1n) is 6.13. The Hall–Kier alpha value is -2.15. The smallest absolute Gasteiger partial charge is 0.358 e. The molecule has 7 heteroatoms. The number of nitrogens with one attached hydrogen (secondary N) is 1. The highest BCUT2D eigenvalue weighted by atomic mass is 79.9. The number of hydrogen-bond donors (Lipinski definition) is 1. The van der Waals surface area contributed by atoms with Crippen molar-refractivity contribution < 1.29 is 14.3 Å². The Balaban J connectivity index is 2.38. The Labute approximate surface area is 130 Å². The number of hydrogen-bond acceptors (Lipinski definition) is 4. The Kier molecular flexibility index (Phi) is 4.42. The molecule has 0 aliphatic heterocycles. The molecule has 2 aromatic rings. The second kappa shape index (κ2) is 6.09. The number of rotatable bonds is 3. The van der Waals surface area contributed by atoms with Crippen LogP contribution < -0.4 is 5.32 Å². The summed E-state index contributed by atoms with van der Waals surface area (Å²) in [5, 5.41) is 6.86. The summed E-state index contributed by atoms with van der Waals surface area (Å²) in [7, 11) is 2.90. The van der Waals surface area contributed by atoms with Crippen LogP contribution in [0.4, 0.5) is 5.69 Å². The highest BCUT2D eigenvalue weighted by Crippen LogP contribution is 2.23. The molecule has 1 aromatic carbocycles. The van der Waals surface area contributed by atoms with Crippen molar-refractivity contribution in [2.75, 3.05) is 12.4 Å². The van der Waals surface area contributed by atoms with Crippen molar-refractivity contribution in [2.24, 2.45) is 7.05 Å². The van der Waals surface area contributed by atoms with Gasteiger partial charge in [0.2, 0.25) is 0 Å². The molecule has 0 saturated carbocycles. The third kappa shape index (κ3) is 2.97. The summed E-state index contributed by atoms with van der Waals surface area (Å²) in [5.74, 6) is -0.885. The topological polar surface area (TPSA) is 73.2 Å². The van der Waals surface area contributed by atoms with Gasteiger partial charge in [-0.15, -0.1) is 0 Å². The van der Waals surface area contributed by atoms with Gasteiger partial charge in [0, 0.05) is 11.5 Å². The lowest BCUT2D eigenvalue weighted by molar-refractivity contribution is 0.0589. The first-order chi connectivity index (χ1) is 9.95. The van der Waals surface area contributed by atoms with Crippen molar-refractivity contribution in [1.82, 2.24) is 9.78 Å². The molecule has 0 spiro atoms. The first kappa shape index (κ1) is 15.2. The zero-order valence-electron chi connectivity index (χ0n) is 11.8. The monoisotopic (exact) mass is 351 g/mol. The van der Waals surface area contributed by atoms with Crippen LogP contribution in [0.1, 0.15) is 26.5 Å². The SMILES string of the molecule is COC(=O)c1c(NC(=O)c2ccccc2Br)c(C)nn1C. The molecule has 1 aromatic heterocycles. The lowest BCUT2D eigenvalue weighted by atomic mass is 10.2. The molecule has 0 atom stereocenters. The number of amides is 1. The van der Waals surface area contributed by atoms with Crippen LogP contribution >= 0.6 is 15.9 Å². The molecule has 0 fully saturated rings. The highest BCUT2D eigenvalue weighted by molar-refractivity contribution is 9.10. The quantitative estimate of drug-likeness (QED) is 0.862. The molecule has 1 heterocycles. The fraction of sp³-hybridized carbons (Fsp3) is 0.214. The van der Waals surface area contributed by atoms with Gasteiger partial charge in [0.05, 0.1) is 24.1 Å². The van der Waals surface area contributed by atoms with Crippen LogP contribution in [-0.4, -0.2) is 28.8 Å². The summed E-state index contributed by atoms with van der Waals surface area (Å²) in [4.78, 5) is 24.1. The molecule has 2 rings (SSSR count). The molecule has 0 aliphatic carbocycles. The number of halogens is 1. The zero-order chi connectivity index (χ0) is 15.6. The molecule has 1 N–H and O–H groups in total. The van der Waals surface area contributed by atoms with E-state index >= 15 is 0 Å². The number of ether oxygens (including phenoxy) is 1. The number of carbonyl (C=O) groups excluding carboxylic acids is 2. The van der Waals surface area contributed by atoms with Crippen molar-refractivity contribution in [3.05, 3.63) is 45.7 Å². The fourth-order valence-electron chi connectivity index (χ4n) is 1.96. The minimum atomic E-state index is -0.555. The van der Waals surface area contributed by atoms with Gasteiger partial charge in [-0.3, -0.25) is 9.48 Å². The van der Waals surface area contributed by atoms with E-state index < -0.39 is 5.97 Å². The molecule has 6 nitrogen and oxygen atoms in total. The van der Waals surface area contributed by atoms with Gasteiger partial charge in [-0.1, -0.05) is 12.1 Å². The summed E-state index contributed by atoms with van der Waals surface area (Å²) in [6, 6.07) is 7.03.